The molecule has 3 nitrogen and oxygen atoms in total. The number of ether oxygens (including phenoxy) is 1. The van der Waals surface area contributed by atoms with Gasteiger partial charge in [0.05, 0.1) is 5.02 Å². The van der Waals surface area contributed by atoms with Gasteiger partial charge < -0.3 is 4.74 Å². The van der Waals surface area contributed by atoms with E-state index in [4.69, 9.17) is 16.3 Å². The van der Waals surface area contributed by atoms with E-state index in [1.165, 1.54) is 6.92 Å². The highest BCUT2D eigenvalue weighted by molar-refractivity contribution is 6.31. The third-order valence-electron chi connectivity index (χ3n) is 2.51. The number of benzene rings is 1. The first-order valence-electron chi connectivity index (χ1n) is 5.49. The molecule has 4 heteroatoms. The van der Waals surface area contributed by atoms with Gasteiger partial charge in [-0.1, -0.05) is 11.6 Å². The number of carbonyl (C=O) groups excluding carboxylic acids is 1. The van der Waals surface area contributed by atoms with Crippen molar-refractivity contribution >= 4 is 17.4 Å². The largest absolute Gasteiger partial charge is 0.489 e. The second-order valence-corrected chi connectivity index (χ2v) is 4.24. The van der Waals surface area contributed by atoms with Crippen LogP contribution in [0, 0.1) is 0 Å². The van der Waals surface area contributed by atoms with Gasteiger partial charge in [0.2, 0.25) is 0 Å². The number of pyridine rings is 1. The smallest absolute Gasteiger partial charge is 0.159 e. The molecule has 0 radical (unpaired) electrons. The number of halogens is 1. The molecule has 92 valence electrons. The summed E-state index contributed by atoms with van der Waals surface area (Å²) in [7, 11) is 0. The van der Waals surface area contributed by atoms with Crippen molar-refractivity contribution in [3.63, 3.8) is 0 Å². The molecule has 0 aliphatic rings. The molecule has 0 unspecified atom stereocenters. The molecule has 0 atom stereocenters. The quantitative estimate of drug-likeness (QED) is 0.791. The average Bonchev–Trinajstić information content (AvgIpc) is 2.38. The molecule has 0 bridgehead atoms. The number of ketones is 1. The molecule has 1 heterocycles. The molecule has 0 fully saturated rings. The first-order chi connectivity index (χ1) is 8.66. The molecule has 0 aliphatic heterocycles. The van der Waals surface area contributed by atoms with Gasteiger partial charge in [-0.25, -0.2) is 0 Å². The third-order valence-corrected chi connectivity index (χ3v) is 2.85. The molecular formula is C14H12ClNO2. The van der Waals surface area contributed by atoms with Crippen molar-refractivity contribution in [2.75, 3.05) is 0 Å². The van der Waals surface area contributed by atoms with Gasteiger partial charge in [-0.2, -0.15) is 0 Å². The van der Waals surface area contributed by atoms with E-state index < -0.39 is 0 Å². The fraction of sp³-hybridized carbons (Fsp3) is 0.143. The monoisotopic (exact) mass is 261 g/mol. The lowest BCUT2D eigenvalue weighted by Gasteiger charge is -2.07. The van der Waals surface area contributed by atoms with Crippen LogP contribution in [0.4, 0.5) is 0 Å². The summed E-state index contributed by atoms with van der Waals surface area (Å²) in [5, 5.41) is 0.581. The standard InChI is InChI=1S/C14H12ClNO2/c1-10(17)11-2-4-13(5-3-11)18-9-12-6-7-16-8-14(12)15/h2-8H,9H2,1H3. The SMILES string of the molecule is CC(=O)c1ccc(OCc2ccncc2Cl)cc1. The molecule has 2 aromatic rings. The Balaban J connectivity index is 2.02. The van der Waals surface area contributed by atoms with Crippen LogP contribution in [-0.4, -0.2) is 10.8 Å². The Hall–Kier alpha value is -1.87. The molecule has 0 amide bonds. The Morgan fingerprint density at radius 3 is 2.61 bits per heavy atom. The van der Waals surface area contributed by atoms with Crippen molar-refractivity contribution < 1.29 is 9.53 Å². The molecule has 0 N–H and O–H groups in total. The Morgan fingerprint density at radius 2 is 2.00 bits per heavy atom. The van der Waals surface area contributed by atoms with Crippen molar-refractivity contribution in [2.24, 2.45) is 0 Å². The second-order valence-electron chi connectivity index (χ2n) is 3.84. The van der Waals surface area contributed by atoms with E-state index in [0.717, 1.165) is 5.56 Å². The van der Waals surface area contributed by atoms with Crippen LogP contribution < -0.4 is 4.74 Å². The van der Waals surface area contributed by atoms with Crippen LogP contribution in [0.2, 0.25) is 5.02 Å². The highest BCUT2D eigenvalue weighted by Crippen LogP contribution is 2.18. The lowest BCUT2D eigenvalue weighted by molar-refractivity contribution is 0.101. The van der Waals surface area contributed by atoms with Crippen LogP contribution in [0.1, 0.15) is 22.8 Å². The number of rotatable bonds is 4. The predicted octanol–water partition coefficient (Wildman–Crippen LogP) is 3.52. The Kier molecular flexibility index (Phi) is 3.95. The van der Waals surface area contributed by atoms with Crippen molar-refractivity contribution in [1.29, 1.82) is 0 Å². The highest BCUT2D eigenvalue weighted by atomic mass is 35.5. The normalized spacial score (nSPS) is 10.1. The molecule has 1 aromatic heterocycles. The van der Waals surface area contributed by atoms with Crippen LogP contribution in [0.5, 0.6) is 5.75 Å². The van der Waals surface area contributed by atoms with Crippen molar-refractivity contribution in [2.45, 2.75) is 13.5 Å². The number of nitrogens with zero attached hydrogens (tertiary/aromatic N) is 1. The lowest BCUT2D eigenvalue weighted by Crippen LogP contribution is -1.97. The highest BCUT2D eigenvalue weighted by Gasteiger charge is 2.02. The summed E-state index contributed by atoms with van der Waals surface area (Å²) in [6, 6.07) is 8.83. The van der Waals surface area contributed by atoms with Gasteiger partial charge in [-0.15, -0.1) is 0 Å². The predicted molar refractivity (Wildman–Crippen MR) is 70.0 cm³/mol. The van der Waals surface area contributed by atoms with E-state index in [2.05, 4.69) is 4.98 Å². The lowest BCUT2D eigenvalue weighted by atomic mass is 10.1. The minimum Gasteiger partial charge on any atom is -0.489 e. The molecule has 18 heavy (non-hydrogen) atoms. The fourth-order valence-corrected chi connectivity index (χ4v) is 1.64. The van der Waals surface area contributed by atoms with Gasteiger partial charge in [0.1, 0.15) is 12.4 Å². The number of hydrogen-bond donors (Lipinski definition) is 0. The average molecular weight is 262 g/mol. The molecule has 1 aromatic carbocycles. The first kappa shape index (κ1) is 12.6. The van der Waals surface area contributed by atoms with E-state index in [1.54, 1.807) is 36.7 Å². The molecule has 0 spiro atoms. The third kappa shape index (κ3) is 3.08. The molecule has 0 saturated heterocycles. The summed E-state index contributed by atoms with van der Waals surface area (Å²) >= 11 is 5.97. The number of Topliss-reactive ketones (excluding diaryl/α,β-unsaturated/α-hetero) is 1. The van der Waals surface area contributed by atoms with Crippen LogP contribution in [0.3, 0.4) is 0 Å². The van der Waals surface area contributed by atoms with E-state index in [9.17, 15) is 4.79 Å². The van der Waals surface area contributed by atoms with Crippen molar-refractivity contribution in [3.8, 4) is 5.75 Å². The Morgan fingerprint density at radius 1 is 1.28 bits per heavy atom. The molecule has 0 aliphatic carbocycles. The number of aromatic nitrogens is 1. The van der Waals surface area contributed by atoms with Gasteiger partial charge in [-0.3, -0.25) is 9.78 Å². The van der Waals surface area contributed by atoms with E-state index in [1.807, 2.05) is 6.07 Å². The van der Waals surface area contributed by atoms with E-state index in [-0.39, 0.29) is 5.78 Å². The molecule has 0 saturated carbocycles. The van der Waals surface area contributed by atoms with Crippen LogP contribution in [0.25, 0.3) is 0 Å². The second kappa shape index (κ2) is 5.65. The summed E-state index contributed by atoms with van der Waals surface area (Å²) in [5.74, 6) is 0.742. The summed E-state index contributed by atoms with van der Waals surface area (Å²) < 4.78 is 5.58. The first-order valence-corrected chi connectivity index (χ1v) is 5.87. The van der Waals surface area contributed by atoms with E-state index >= 15 is 0 Å². The number of carbonyl (C=O) groups is 1. The Labute approximate surface area is 110 Å². The van der Waals surface area contributed by atoms with Gasteiger partial charge in [0, 0.05) is 23.5 Å². The maximum absolute atomic E-state index is 11.1. The minimum absolute atomic E-state index is 0.0405. The summed E-state index contributed by atoms with van der Waals surface area (Å²) in [6.45, 7) is 1.91. The molecular weight excluding hydrogens is 250 g/mol. The fourth-order valence-electron chi connectivity index (χ4n) is 1.47. The van der Waals surface area contributed by atoms with Crippen LogP contribution in [-0.2, 0) is 6.61 Å². The van der Waals surface area contributed by atoms with Gasteiger partial charge in [0.25, 0.3) is 0 Å². The zero-order chi connectivity index (χ0) is 13.0. The van der Waals surface area contributed by atoms with Crippen molar-refractivity contribution in [1.82, 2.24) is 4.98 Å². The summed E-state index contributed by atoms with van der Waals surface area (Å²) in [6.07, 6.45) is 3.25. The summed E-state index contributed by atoms with van der Waals surface area (Å²) in [4.78, 5) is 15.0. The summed E-state index contributed by atoms with van der Waals surface area (Å²) in [5.41, 5.74) is 1.55. The zero-order valence-corrected chi connectivity index (χ0v) is 10.6. The Bertz CT molecular complexity index is 552. The van der Waals surface area contributed by atoms with E-state index in [0.29, 0.717) is 22.9 Å². The zero-order valence-electron chi connectivity index (χ0n) is 9.89. The van der Waals surface area contributed by atoms with Crippen LogP contribution in [0.15, 0.2) is 42.7 Å². The van der Waals surface area contributed by atoms with Gasteiger partial charge >= 0.3 is 0 Å². The number of hydrogen-bond acceptors (Lipinski definition) is 3. The maximum atomic E-state index is 11.1. The van der Waals surface area contributed by atoms with Gasteiger partial charge in [-0.05, 0) is 37.3 Å². The van der Waals surface area contributed by atoms with Crippen molar-refractivity contribution in [3.05, 3.63) is 58.9 Å². The van der Waals surface area contributed by atoms with Crippen LogP contribution >= 0.6 is 11.6 Å². The topological polar surface area (TPSA) is 39.2 Å². The maximum Gasteiger partial charge on any atom is 0.159 e. The minimum atomic E-state index is 0.0405. The molecule has 2 rings (SSSR count). The van der Waals surface area contributed by atoms with Gasteiger partial charge in [0.15, 0.2) is 5.78 Å².